The second kappa shape index (κ2) is 6.76. The fourth-order valence-electron chi connectivity index (χ4n) is 4.02. The SMILES string of the molecule is CCCCC(O)/C=C/C1=C(CO)[C@H]2OC(C)(C)[C@H](O)C[C@]23O[C@@H]3[C@@H]1O. The third-order valence-corrected chi connectivity index (χ3v) is 5.77. The van der Waals surface area contributed by atoms with Crippen molar-refractivity contribution in [3.63, 3.8) is 0 Å². The minimum Gasteiger partial charge on any atom is -0.392 e. The smallest absolute Gasteiger partial charge is 0.130 e. The largest absolute Gasteiger partial charge is 0.392 e. The van der Waals surface area contributed by atoms with E-state index in [1.54, 1.807) is 12.2 Å². The molecule has 4 N–H and O–H groups in total. The maximum absolute atomic E-state index is 10.7. The van der Waals surface area contributed by atoms with Crippen LogP contribution in [0.2, 0.25) is 0 Å². The molecule has 2 heterocycles. The molecular formula is C19H30O6. The fraction of sp³-hybridized carbons (Fsp3) is 0.789. The summed E-state index contributed by atoms with van der Waals surface area (Å²) in [6.45, 7) is 5.42. The van der Waals surface area contributed by atoms with Gasteiger partial charge in [-0.3, -0.25) is 0 Å². The first-order chi connectivity index (χ1) is 11.8. The van der Waals surface area contributed by atoms with Crippen LogP contribution in [-0.2, 0) is 9.47 Å². The molecule has 0 amide bonds. The summed E-state index contributed by atoms with van der Waals surface area (Å²) in [5.74, 6) is 0. The Morgan fingerprint density at radius 3 is 2.64 bits per heavy atom. The lowest BCUT2D eigenvalue weighted by Crippen LogP contribution is -2.59. The molecule has 0 radical (unpaired) electrons. The molecule has 3 rings (SSSR count). The van der Waals surface area contributed by atoms with Crippen molar-refractivity contribution < 1.29 is 29.9 Å². The Kier molecular flexibility index (Phi) is 5.14. The molecule has 0 aromatic rings. The summed E-state index contributed by atoms with van der Waals surface area (Å²) in [4.78, 5) is 0. The summed E-state index contributed by atoms with van der Waals surface area (Å²) >= 11 is 0. The van der Waals surface area contributed by atoms with Crippen LogP contribution in [-0.4, -0.2) is 68.8 Å². The topological polar surface area (TPSA) is 103 Å². The Labute approximate surface area is 148 Å². The zero-order chi connectivity index (χ0) is 18.4. The molecule has 2 aliphatic heterocycles. The van der Waals surface area contributed by atoms with Crippen molar-refractivity contribution in [1.82, 2.24) is 0 Å². The van der Waals surface area contributed by atoms with Gasteiger partial charge in [0.05, 0.1) is 24.4 Å². The van der Waals surface area contributed by atoms with Gasteiger partial charge in [-0.2, -0.15) is 0 Å². The van der Waals surface area contributed by atoms with Crippen LogP contribution in [0.3, 0.4) is 0 Å². The third kappa shape index (κ3) is 3.20. The second-order valence-corrected chi connectivity index (χ2v) is 7.97. The van der Waals surface area contributed by atoms with E-state index in [0.717, 1.165) is 12.8 Å². The number of unbranched alkanes of at least 4 members (excludes halogenated alkanes) is 1. The zero-order valence-electron chi connectivity index (χ0n) is 15.2. The zero-order valence-corrected chi connectivity index (χ0v) is 15.2. The monoisotopic (exact) mass is 354 g/mol. The van der Waals surface area contributed by atoms with Crippen molar-refractivity contribution in [2.24, 2.45) is 0 Å². The van der Waals surface area contributed by atoms with Crippen LogP contribution in [0.25, 0.3) is 0 Å². The highest BCUT2D eigenvalue weighted by molar-refractivity contribution is 5.44. The van der Waals surface area contributed by atoms with Gasteiger partial charge in [-0.15, -0.1) is 0 Å². The van der Waals surface area contributed by atoms with Gasteiger partial charge in [0.2, 0.25) is 0 Å². The van der Waals surface area contributed by atoms with Crippen molar-refractivity contribution in [2.75, 3.05) is 6.61 Å². The van der Waals surface area contributed by atoms with Gasteiger partial charge in [-0.1, -0.05) is 31.9 Å². The van der Waals surface area contributed by atoms with Gasteiger partial charge in [0.25, 0.3) is 0 Å². The van der Waals surface area contributed by atoms with Gasteiger partial charge < -0.3 is 29.9 Å². The summed E-state index contributed by atoms with van der Waals surface area (Å²) in [5, 5.41) is 40.9. The molecule has 0 aromatic carbocycles. The molecule has 6 heteroatoms. The number of epoxide rings is 1. The Morgan fingerprint density at radius 1 is 1.28 bits per heavy atom. The lowest BCUT2D eigenvalue weighted by atomic mass is 9.72. The summed E-state index contributed by atoms with van der Waals surface area (Å²) in [6, 6.07) is 0. The van der Waals surface area contributed by atoms with Crippen LogP contribution in [0, 0.1) is 0 Å². The van der Waals surface area contributed by atoms with E-state index in [0.29, 0.717) is 24.0 Å². The highest BCUT2D eigenvalue weighted by Gasteiger charge is 2.72. The van der Waals surface area contributed by atoms with Crippen molar-refractivity contribution in [2.45, 2.75) is 88.2 Å². The molecule has 0 aromatic heterocycles. The molecule has 1 unspecified atom stereocenters. The molecule has 0 saturated carbocycles. The van der Waals surface area contributed by atoms with E-state index in [2.05, 4.69) is 6.92 Å². The normalized spacial score (nSPS) is 40.8. The van der Waals surface area contributed by atoms with Crippen LogP contribution in [0.5, 0.6) is 0 Å². The molecule has 3 aliphatic rings. The van der Waals surface area contributed by atoms with E-state index in [1.807, 2.05) is 13.8 Å². The van der Waals surface area contributed by atoms with E-state index >= 15 is 0 Å². The molecule has 2 saturated heterocycles. The highest BCUT2D eigenvalue weighted by Crippen LogP contribution is 2.57. The van der Waals surface area contributed by atoms with Gasteiger partial charge in [0.1, 0.15) is 23.9 Å². The van der Waals surface area contributed by atoms with Gasteiger partial charge in [0.15, 0.2) is 0 Å². The van der Waals surface area contributed by atoms with E-state index < -0.39 is 41.7 Å². The molecule has 6 atom stereocenters. The average Bonchev–Trinajstić information content (AvgIpc) is 3.28. The van der Waals surface area contributed by atoms with Crippen LogP contribution in [0.4, 0.5) is 0 Å². The molecule has 1 spiro atoms. The van der Waals surface area contributed by atoms with Gasteiger partial charge in [-0.05, 0) is 31.4 Å². The van der Waals surface area contributed by atoms with Crippen molar-refractivity contribution in [3.05, 3.63) is 23.3 Å². The Hall–Kier alpha value is -0.760. The third-order valence-electron chi connectivity index (χ3n) is 5.77. The van der Waals surface area contributed by atoms with E-state index in [1.165, 1.54) is 0 Å². The minimum absolute atomic E-state index is 0.267. The molecule has 142 valence electrons. The number of rotatable bonds is 6. The number of hydrogen-bond donors (Lipinski definition) is 4. The summed E-state index contributed by atoms with van der Waals surface area (Å²) < 4.78 is 11.9. The number of aliphatic hydroxyl groups excluding tert-OH is 4. The second-order valence-electron chi connectivity index (χ2n) is 7.97. The minimum atomic E-state index is -0.898. The first-order valence-electron chi connectivity index (χ1n) is 9.18. The number of aliphatic hydroxyl groups is 4. The number of hydrogen-bond acceptors (Lipinski definition) is 6. The fourth-order valence-corrected chi connectivity index (χ4v) is 4.02. The molecule has 2 fully saturated rings. The molecular weight excluding hydrogens is 324 g/mol. The van der Waals surface area contributed by atoms with Gasteiger partial charge in [0, 0.05) is 6.42 Å². The molecule has 0 bridgehead atoms. The first-order valence-corrected chi connectivity index (χ1v) is 9.18. The summed E-state index contributed by atoms with van der Waals surface area (Å²) in [6.07, 6.45) is 3.15. The quantitative estimate of drug-likeness (QED) is 0.527. The number of ether oxygens (including phenoxy) is 2. The molecule has 25 heavy (non-hydrogen) atoms. The van der Waals surface area contributed by atoms with Gasteiger partial charge >= 0.3 is 0 Å². The van der Waals surface area contributed by atoms with Crippen molar-refractivity contribution in [3.8, 4) is 0 Å². The standard InChI is InChI=1S/C19H30O6/c1-4-5-6-11(21)7-8-12-13(10-20)16-19(17(25-19)15(12)23)9-14(22)18(2,3)24-16/h7-8,11,14-17,20-23H,4-6,9-10H2,1-3H3/b8-7+/t11?,14-,15-,16-,17-,19+/m1/s1. The van der Waals surface area contributed by atoms with Crippen molar-refractivity contribution in [1.29, 1.82) is 0 Å². The Morgan fingerprint density at radius 2 is 2.00 bits per heavy atom. The van der Waals surface area contributed by atoms with Crippen LogP contribution < -0.4 is 0 Å². The molecule has 6 nitrogen and oxygen atoms in total. The lowest BCUT2D eigenvalue weighted by molar-refractivity contribution is -0.190. The van der Waals surface area contributed by atoms with E-state index in [9.17, 15) is 20.4 Å². The first kappa shape index (κ1) is 19.0. The van der Waals surface area contributed by atoms with Crippen LogP contribution in [0.1, 0.15) is 46.5 Å². The molecule has 1 aliphatic carbocycles. The van der Waals surface area contributed by atoms with Crippen molar-refractivity contribution >= 4 is 0 Å². The maximum atomic E-state index is 10.7. The summed E-state index contributed by atoms with van der Waals surface area (Å²) in [5.41, 5.74) is -0.400. The van der Waals surface area contributed by atoms with Crippen LogP contribution >= 0.6 is 0 Å². The maximum Gasteiger partial charge on any atom is 0.130 e. The van der Waals surface area contributed by atoms with E-state index in [4.69, 9.17) is 9.47 Å². The average molecular weight is 354 g/mol. The van der Waals surface area contributed by atoms with Crippen LogP contribution in [0.15, 0.2) is 23.3 Å². The predicted octanol–water partition coefficient (Wildman–Crippen LogP) is 0.823. The van der Waals surface area contributed by atoms with Gasteiger partial charge in [-0.25, -0.2) is 0 Å². The predicted molar refractivity (Wildman–Crippen MR) is 92.0 cm³/mol. The Bertz CT molecular complexity index is 568. The lowest BCUT2D eigenvalue weighted by Gasteiger charge is -2.46. The Balaban J connectivity index is 1.88. The highest BCUT2D eigenvalue weighted by atomic mass is 16.7. The summed E-state index contributed by atoms with van der Waals surface area (Å²) in [7, 11) is 0. The van der Waals surface area contributed by atoms with E-state index in [-0.39, 0.29) is 6.61 Å².